The molecule has 28 heavy (non-hydrogen) atoms. The quantitative estimate of drug-likeness (QED) is 0.815. The van der Waals surface area contributed by atoms with Crippen LogP contribution in [0.2, 0.25) is 0 Å². The van der Waals surface area contributed by atoms with Crippen molar-refractivity contribution in [2.75, 3.05) is 13.1 Å². The number of carbonyl (C=O) groups is 1. The van der Waals surface area contributed by atoms with E-state index in [0.717, 1.165) is 31.5 Å². The molecule has 4 nitrogen and oxygen atoms in total. The second kappa shape index (κ2) is 6.71. The van der Waals surface area contributed by atoms with Gasteiger partial charge in [0.25, 0.3) is 5.91 Å². The van der Waals surface area contributed by atoms with Crippen LogP contribution in [0.3, 0.4) is 0 Å². The minimum absolute atomic E-state index is 0.0445. The predicted octanol–water partition coefficient (Wildman–Crippen LogP) is 3.09. The zero-order valence-corrected chi connectivity index (χ0v) is 16.3. The van der Waals surface area contributed by atoms with Crippen LogP contribution >= 0.6 is 0 Å². The monoisotopic (exact) mass is 376 g/mol. The lowest BCUT2D eigenvalue weighted by molar-refractivity contribution is -0.143. The Morgan fingerprint density at radius 2 is 1.61 bits per heavy atom. The van der Waals surface area contributed by atoms with Crippen LogP contribution in [0.5, 0.6) is 0 Å². The first-order valence-corrected chi connectivity index (χ1v) is 10.5. The van der Waals surface area contributed by atoms with E-state index in [2.05, 4.69) is 47.5 Å². The van der Waals surface area contributed by atoms with Crippen LogP contribution in [0.25, 0.3) is 0 Å². The van der Waals surface area contributed by atoms with Crippen LogP contribution in [0.4, 0.5) is 0 Å². The minimum atomic E-state index is -1.38. The van der Waals surface area contributed by atoms with E-state index in [1.807, 2.05) is 30.3 Å². The fourth-order valence-electron chi connectivity index (χ4n) is 5.04. The summed E-state index contributed by atoms with van der Waals surface area (Å²) in [5.74, 6) is 0.857. The summed E-state index contributed by atoms with van der Waals surface area (Å²) in [5, 5.41) is 14.5. The molecule has 2 aliphatic carbocycles. The van der Waals surface area contributed by atoms with Crippen LogP contribution in [-0.2, 0) is 10.4 Å². The van der Waals surface area contributed by atoms with Crippen molar-refractivity contribution in [2.24, 2.45) is 17.8 Å². The maximum absolute atomic E-state index is 13.1. The van der Waals surface area contributed by atoms with Gasteiger partial charge in [-0.15, -0.1) is 0 Å². The SMILES string of the molecule is CC(c1ccccc1)N1CC2[C@H](C1)[C@H]2NC(=O)C(O)(c1ccccc1)C1CC1. The predicted molar refractivity (Wildman–Crippen MR) is 108 cm³/mol. The van der Waals surface area contributed by atoms with Crippen LogP contribution in [-0.4, -0.2) is 35.0 Å². The number of benzene rings is 2. The zero-order chi connectivity index (χ0) is 19.3. The lowest BCUT2D eigenvalue weighted by atomic mass is 9.87. The normalized spacial score (nSPS) is 29.6. The topological polar surface area (TPSA) is 52.6 Å². The molecule has 5 atom stereocenters. The minimum Gasteiger partial charge on any atom is -0.375 e. The van der Waals surface area contributed by atoms with Gasteiger partial charge in [0.05, 0.1) is 0 Å². The van der Waals surface area contributed by atoms with E-state index in [-0.39, 0.29) is 17.9 Å². The number of hydrogen-bond acceptors (Lipinski definition) is 3. The van der Waals surface area contributed by atoms with Gasteiger partial charge in [0.2, 0.25) is 0 Å². The number of aliphatic hydroxyl groups is 1. The average molecular weight is 377 g/mol. The summed E-state index contributed by atoms with van der Waals surface area (Å²) in [6, 6.07) is 20.7. The van der Waals surface area contributed by atoms with Gasteiger partial charge in [-0.05, 0) is 42.7 Å². The molecule has 2 aromatic carbocycles. The Balaban J connectivity index is 1.23. The molecule has 0 aromatic heterocycles. The molecule has 0 spiro atoms. The molecule has 3 aliphatic rings. The molecule has 0 bridgehead atoms. The van der Waals surface area contributed by atoms with E-state index in [9.17, 15) is 9.90 Å². The fraction of sp³-hybridized carbons (Fsp3) is 0.458. The molecule has 1 heterocycles. The highest BCUT2D eigenvalue weighted by atomic mass is 16.3. The van der Waals surface area contributed by atoms with Gasteiger partial charge < -0.3 is 10.4 Å². The Bertz CT molecular complexity index is 839. The summed E-state index contributed by atoms with van der Waals surface area (Å²) < 4.78 is 0. The molecule has 0 radical (unpaired) electrons. The van der Waals surface area contributed by atoms with Crippen molar-refractivity contribution in [3.8, 4) is 0 Å². The summed E-state index contributed by atoms with van der Waals surface area (Å²) in [7, 11) is 0. The molecule has 146 valence electrons. The van der Waals surface area contributed by atoms with Gasteiger partial charge in [-0.25, -0.2) is 0 Å². The number of carbonyl (C=O) groups excluding carboxylic acids is 1. The van der Waals surface area contributed by atoms with Crippen molar-refractivity contribution in [3.05, 3.63) is 71.8 Å². The second-order valence-corrected chi connectivity index (χ2v) is 8.77. The van der Waals surface area contributed by atoms with Crippen molar-refractivity contribution < 1.29 is 9.90 Å². The summed E-state index contributed by atoms with van der Waals surface area (Å²) >= 11 is 0. The van der Waals surface area contributed by atoms with Gasteiger partial charge >= 0.3 is 0 Å². The third-order valence-corrected chi connectivity index (χ3v) is 7.08. The van der Waals surface area contributed by atoms with Gasteiger partial charge in [0.15, 0.2) is 5.60 Å². The maximum atomic E-state index is 13.1. The average Bonchev–Trinajstić information content (AvgIpc) is 3.65. The van der Waals surface area contributed by atoms with Crippen LogP contribution in [0.15, 0.2) is 60.7 Å². The number of hydrogen-bond donors (Lipinski definition) is 2. The first-order chi connectivity index (χ1) is 13.6. The number of likely N-dealkylation sites (tertiary alicyclic amines) is 1. The molecule has 5 rings (SSSR count). The molecule has 4 heteroatoms. The van der Waals surface area contributed by atoms with Crippen molar-refractivity contribution in [1.29, 1.82) is 0 Å². The molecule has 1 saturated heterocycles. The third kappa shape index (κ3) is 2.96. The van der Waals surface area contributed by atoms with Crippen LogP contribution in [0.1, 0.15) is 36.9 Å². The van der Waals surface area contributed by atoms with Gasteiger partial charge in [-0.1, -0.05) is 60.7 Å². The zero-order valence-electron chi connectivity index (χ0n) is 16.3. The number of fused-ring (bicyclic) bond motifs is 1. The molecular formula is C24H28N2O2. The smallest absolute Gasteiger partial charge is 0.257 e. The van der Waals surface area contributed by atoms with Gasteiger partial charge in [-0.2, -0.15) is 0 Å². The van der Waals surface area contributed by atoms with Crippen LogP contribution < -0.4 is 5.32 Å². The highest BCUT2D eigenvalue weighted by Gasteiger charge is 2.59. The van der Waals surface area contributed by atoms with Crippen molar-refractivity contribution >= 4 is 5.91 Å². The summed E-state index contributed by atoms with van der Waals surface area (Å²) in [6.07, 6.45) is 1.83. The molecule has 1 amide bonds. The Kier molecular flexibility index (Phi) is 4.29. The van der Waals surface area contributed by atoms with Crippen molar-refractivity contribution in [1.82, 2.24) is 10.2 Å². The lowest BCUT2D eigenvalue weighted by Gasteiger charge is -2.30. The Morgan fingerprint density at radius 3 is 2.18 bits per heavy atom. The molecule has 3 fully saturated rings. The first-order valence-electron chi connectivity index (χ1n) is 10.5. The van der Waals surface area contributed by atoms with E-state index in [1.54, 1.807) is 0 Å². The number of rotatable bonds is 6. The molecule has 3 unspecified atom stereocenters. The Hall–Kier alpha value is -2.17. The summed E-state index contributed by atoms with van der Waals surface area (Å²) in [6.45, 7) is 4.28. The number of amides is 1. The Morgan fingerprint density at radius 1 is 1.04 bits per heavy atom. The standard InChI is InChI=1S/C24H28N2O2/c1-16(17-8-4-2-5-9-17)26-14-20-21(15-26)22(20)25-23(27)24(28,19-12-13-19)18-10-6-3-7-11-18/h2-11,16,19-22,28H,12-15H2,1H3,(H,25,27)/t16?,20-,21?,22+,24?/m0/s1. The fourth-order valence-corrected chi connectivity index (χ4v) is 5.04. The largest absolute Gasteiger partial charge is 0.375 e. The van der Waals surface area contributed by atoms with Gasteiger partial charge in [-0.3, -0.25) is 9.69 Å². The molecule has 1 aliphatic heterocycles. The van der Waals surface area contributed by atoms with E-state index in [4.69, 9.17) is 0 Å². The summed E-state index contributed by atoms with van der Waals surface area (Å²) in [4.78, 5) is 15.6. The van der Waals surface area contributed by atoms with E-state index in [1.165, 1.54) is 5.56 Å². The van der Waals surface area contributed by atoms with E-state index < -0.39 is 5.60 Å². The molecular weight excluding hydrogens is 348 g/mol. The number of piperidine rings is 1. The summed E-state index contributed by atoms with van der Waals surface area (Å²) in [5.41, 5.74) is 0.687. The molecule has 2 aromatic rings. The molecule has 2 N–H and O–H groups in total. The Labute approximate surface area is 166 Å². The number of nitrogens with zero attached hydrogens (tertiary/aromatic N) is 1. The maximum Gasteiger partial charge on any atom is 0.257 e. The van der Waals surface area contributed by atoms with Gasteiger partial charge in [0, 0.05) is 31.1 Å². The first kappa shape index (κ1) is 17.9. The van der Waals surface area contributed by atoms with Crippen molar-refractivity contribution in [2.45, 2.75) is 37.5 Å². The van der Waals surface area contributed by atoms with E-state index >= 15 is 0 Å². The second-order valence-electron chi connectivity index (χ2n) is 8.77. The highest BCUT2D eigenvalue weighted by Crippen LogP contribution is 2.50. The highest BCUT2D eigenvalue weighted by molar-refractivity contribution is 5.87. The van der Waals surface area contributed by atoms with Crippen molar-refractivity contribution in [3.63, 3.8) is 0 Å². The van der Waals surface area contributed by atoms with E-state index in [0.29, 0.717) is 17.9 Å². The van der Waals surface area contributed by atoms with Gasteiger partial charge in [0.1, 0.15) is 0 Å². The third-order valence-electron chi connectivity index (χ3n) is 7.08. The lowest BCUT2D eigenvalue weighted by Crippen LogP contribution is -2.48. The molecule has 2 saturated carbocycles. The number of nitrogens with one attached hydrogen (secondary N) is 1. The van der Waals surface area contributed by atoms with Crippen LogP contribution in [0, 0.1) is 17.8 Å².